The molecule has 3 heteroatoms. The predicted molar refractivity (Wildman–Crippen MR) is 51.1 cm³/mol. The second kappa shape index (κ2) is 4.59. The number of aliphatic hydroxyl groups is 1. The van der Waals surface area contributed by atoms with Crippen LogP contribution in [0, 0.1) is 17.2 Å². The number of hydrogen-bond acceptors (Lipinski definition) is 3. The Kier molecular flexibility index (Phi) is 3.71. The van der Waals surface area contributed by atoms with E-state index < -0.39 is 0 Å². The molecule has 3 unspecified atom stereocenters. The third kappa shape index (κ3) is 2.43. The van der Waals surface area contributed by atoms with Crippen molar-refractivity contribution in [1.29, 1.82) is 5.26 Å². The van der Waals surface area contributed by atoms with Crippen LogP contribution < -0.4 is 0 Å². The van der Waals surface area contributed by atoms with Crippen molar-refractivity contribution in [3.63, 3.8) is 0 Å². The van der Waals surface area contributed by atoms with E-state index in [9.17, 15) is 5.11 Å². The summed E-state index contributed by atoms with van der Waals surface area (Å²) in [7, 11) is 0. The van der Waals surface area contributed by atoms with Gasteiger partial charge in [-0.25, -0.2) is 0 Å². The number of nitrogens with zero attached hydrogens (tertiary/aromatic N) is 2. The summed E-state index contributed by atoms with van der Waals surface area (Å²) in [5, 5.41) is 18.4. The number of rotatable bonds is 2. The molecule has 0 bridgehead atoms. The highest BCUT2D eigenvalue weighted by molar-refractivity contribution is 4.92. The van der Waals surface area contributed by atoms with Crippen LogP contribution in [0.2, 0.25) is 0 Å². The summed E-state index contributed by atoms with van der Waals surface area (Å²) < 4.78 is 0. The monoisotopic (exact) mass is 182 g/mol. The van der Waals surface area contributed by atoms with Crippen molar-refractivity contribution >= 4 is 0 Å². The Bertz CT molecular complexity index is 200. The molecule has 0 aromatic rings. The number of hydrogen-bond donors (Lipinski definition) is 1. The van der Waals surface area contributed by atoms with Crippen molar-refractivity contribution in [2.75, 3.05) is 13.1 Å². The maximum absolute atomic E-state index is 9.63. The van der Waals surface area contributed by atoms with Crippen LogP contribution in [0.5, 0.6) is 0 Å². The van der Waals surface area contributed by atoms with Gasteiger partial charge in [-0.05, 0) is 25.7 Å². The quantitative estimate of drug-likeness (QED) is 0.692. The van der Waals surface area contributed by atoms with E-state index in [0.717, 1.165) is 25.9 Å². The summed E-state index contributed by atoms with van der Waals surface area (Å²) in [6.45, 7) is 5.73. The molecule has 1 saturated heterocycles. The SMILES string of the molecule is CCC1CN(C(C)C#N)CCC1O. The van der Waals surface area contributed by atoms with E-state index in [4.69, 9.17) is 5.26 Å². The number of likely N-dealkylation sites (tertiary alicyclic amines) is 1. The fourth-order valence-corrected chi connectivity index (χ4v) is 1.88. The number of piperidine rings is 1. The van der Waals surface area contributed by atoms with E-state index in [-0.39, 0.29) is 12.1 Å². The molecule has 0 saturated carbocycles. The third-order valence-corrected chi connectivity index (χ3v) is 2.98. The maximum Gasteiger partial charge on any atom is 0.0949 e. The van der Waals surface area contributed by atoms with Gasteiger partial charge in [0.15, 0.2) is 0 Å². The molecule has 1 aliphatic heterocycles. The van der Waals surface area contributed by atoms with E-state index in [1.54, 1.807) is 0 Å². The molecular formula is C10H18N2O. The van der Waals surface area contributed by atoms with E-state index in [2.05, 4.69) is 17.9 Å². The zero-order valence-corrected chi connectivity index (χ0v) is 8.40. The average Bonchev–Trinajstić information content (AvgIpc) is 2.17. The van der Waals surface area contributed by atoms with Crippen LogP contribution in [0.3, 0.4) is 0 Å². The number of aliphatic hydroxyl groups excluding tert-OH is 1. The third-order valence-electron chi connectivity index (χ3n) is 2.98. The summed E-state index contributed by atoms with van der Waals surface area (Å²) >= 11 is 0. The molecule has 0 spiro atoms. The molecule has 74 valence electrons. The van der Waals surface area contributed by atoms with Crippen LogP contribution in [0.1, 0.15) is 26.7 Å². The largest absolute Gasteiger partial charge is 0.393 e. The van der Waals surface area contributed by atoms with Gasteiger partial charge in [-0.2, -0.15) is 5.26 Å². The Morgan fingerprint density at radius 1 is 1.69 bits per heavy atom. The molecular weight excluding hydrogens is 164 g/mol. The lowest BCUT2D eigenvalue weighted by Crippen LogP contribution is -2.46. The first-order chi connectivity index (χ1) is 6.19. The van der Waals surface area contributed by atoms with E-state index in [1.807, 2.05) is 6.92 Å². The Balaban J connectivity index is 2.50. The van der Waals surface area contributed by atoms with Gasteiger partial charge in [0.05, 0.1) is 18.2 Å². The topological polar surface area (TPSA) is 47.3 Å². The molecule has 0 aromatic heterocycles. The number of nitriles is 1. The lowest BCUT2D eigenvalue weighted by molar-refractivity contribution is 0.0189. The molecule has 0 aromatic carbocycles. The summed E-state index contributed by atoms with van der Waals surface area (Å²) in [6, 6.07) is 2.23. The van der Waals surface area contributed by atoms with Gasteiger partial charge in [0.25, 0.3) is 0 Å². The predicted octanol–water partition coefficient (Wildman–Crippen LogP) is 0.991. The molecule has 0 radical (unpaired) electrons. The van der Waals surface area contributed by atoms with Gasteiger partial charge in [0.1, 0.15) is 0 Å². The van der Waals surface area contributed by atoms with Crippen LogP contribution in [0.15, 0.2) is 0 Å². The minimum absolute atomic E-state index is 0.0125. The lowest BCUT2D eigenvalue weighted by Gasteiger charge is -2.36. The molecule has 1 aliphatic rings. The first-order valence-corrected chi connectivity index (χ1v) is 5.00. The zero-order valence-electron chi connectivity index (χ0n) is 8.40. The minimum atomic E-state index is -0.160. The average molecular weight is 182 g/mol. The van der Waals surface area contributed by atoms with Gasteiger partial charge in [-0.1, -0.05) is 6.92 Å². The van der Waals surface area contributed by atoms with Crippen LogP contribution >= 0.6 is 0 Å². The van der Waals surface area contributed by atoms with Crippen LogP contribution in [0.4, 0.5) is 0 Å². The van der Waals surface area contributed by atoms with Crippen LogP contribution in [0.25, 0.3) is 0 Å². The zero-order chi connectivity index (χ0) is 9.84. The van der Waals surface area contributed by atoms with Crippen molar-refractivity contribution < 1.29 is 5.11 Å². The fourth-order valence-electron chi connectivity index (χ4n) is 1.88. The minimum Gasteiger partial charge on any atom is -0.393 e. The van der Waals surface area contributed by atoms with Gasteiger partial charge in [-0.15, -0.1) is 0 Å². The first kappa shape index (κ1) is 10.5. The maximum atomic E-state index is 9.63. The first-order valence-electron chi connectivity index (χ1n) is 5.00. The molecule has 1 fully saturated rings. The normalized spacial score (nSPS) is 32.5. The molecule has 0 amide bonds. The van der Waals surface area contributed by atoms with Crippen molar-refractivity contribution in [3.8, 4) is 6.07 Å². The molecule has 1 N–H and O–H groups in total. The smallest absolute Gasteiger partial charge is 0.0949 e. The summed E-state index contributed by atoms with van der Waals surface area (Å²) in [5.41, 5.74) is 0. The Labute approximate surface area is 80.0 Å². The Morgan fingerprint density at radius 2 is 2.38 bits per heavy atom. The van der Waals surface area contributed by atoms with Crippen molar-refractivity contribution in [2.24, 2.45) is 5.92 Å². The standard InChI is InChI=1S/C10H18N2O/c1-3-9-7-12(8(2)6-11)5-4-10(9)13/h8-10,13H,3-5,7H2,1-2H3. The second-order valence-electron chi connectivity index (χ2n) is 3.82. The Morgan fingerprint density at radius 3 is 2.92 bits per heavy atom. The summed E-state index contributed by atoms with van der Waals surface area (Å²) in [6.07, 6.45) is 1.65. The lowest BCUT2D eigenvalue weighted by atomic mass is 9.92. The summed E-state index contributed by atoms with van der Waals surface area (Å²) in [4.78, 5) is 2.15. The van der Waals surface area contributed by atoms with Gasteiger partial charge < -0.3 is 5.11 Å². The highest BCUT2D eigenvalue weighted by Gasteiger charge is 2.28. The molecule has 1 heterocycles. The van der Waals surface area contributed by atoms with Gasteiger partial charge in [0.2, 0.25) is 0 Å². The van der Waals surface area contributed by atoms with Crippen molar-refractivity contribution in [3.05, 3.63) is 0 Å². The van der Waals surface area contributed by atoms with Crippen LogP contribution in [-0.4, -0.2) is 35.2 Å². The molecule has 13 heavy (non-hydrogen) atoms. The fraction of sp³-hybridized carbons (Fsp3) is 0.900. The second-order valence-corrected chi connectivity index (χ2v) is 3.82. The van der Waals surface area contributed by atoms with Gasteiger partial charge in [-0.3, -0.25) is 4.90 Å². The van der Waals surface area contributed by atoms with Crippen molar-refractivity contribution in [1.82, 2.24) is 4.90 Å². The van der Waals surface area contributed by atoms with Crippen molar-refractivity contribution in [2.45, 2.75) is 38.8 Å². The van der Waals surface area contributed by atoms with Gasteiger partial charge >= 0.3 is 0 Å². The van der Waals surface area contributed by atoms with Gasteiger partial charge in [0, 0.05) is 13.1 Å². The molecule has 0 aliphatic carbocycles. The highest BCUT2D eigenvalue weighted by atomic mass is 16.3. The molecule has 3 nitrogen and oxygen atoms in total. The molecule has 3 atom stereocenters. The Hall–Kier alpha value is -0.590. The van der Waals surface area contributed by atoms with E-state index in [0.29, 0.717) is 5.92 Å². The van der Waals surface area contributed by atoms with E-state index in [1.165, 1.54) is 0 Å². The van der Waals surface area contributed by atoms with E-state index >= 15 is 0 Å². The van der Waals surface area contributed by atoms with Crippen LogP contribution in [-0.2, 0) is 0 Å². The summed E-state index contributed by atoms with van der Waals surface area (Å²) in [5.74, 6) is 0.351. The highest BCUT2D eigenvalue weighted by Crippen LogP contribution is 2.21. The molecule has 1 rings (SSSR count).